The maximum absolute atomic E-state index is 14.7. The molecule has 1 atom stereocenters. The summed E-state index contributed by atoms with van der Waals surface area (Å²) in [7, 11) is 3.04. The molecule has 0 spiro atoms. The average molecular weight is 420 g/mol. The second kappa shape index (κ2) is 8.47. The third-order valence-electron chi connectivity index (χ3n) is 5.24. The van der Waals surface area contributed by atoms with Gasteiger partial charge in [0.05, 0.1) is 25.6 Å². The van der Waals surface area contributed by atoms with E-state index in [-0.39, 0.29) is 18.1 Å². The lowest BCUT2D eigenvalue weighted by Gasteiger charge is -2.40. The SMILES string of the molecule is COc1ccc([C@H]2C(=O)N(c3ccccc3OC)CC(=O)N2c2ccccc2F)cc1. The summed E-state index contributed by atoms with van der Waals surface area (Å²) in [6, 6.07) is 18.7. The van der Waals surface area contributed by atoms with Crippen LogP contribution >= 0.6 is 0 Å². The van der Waals surface area contributed by atoms with Crippen LogP contribution in [0.1, 0.15) is 11.6 Å². The van der Waals surface area contributed by atoms with E-state index in [1.165, 1.54) is 29.0 Å². The molecule has 6 nitrogen and oxygen atoms in total. The van der Waals surface area contributed by atoms with E-state index in [9.17, 15) is 14.0 Å². The molecule has 0 aromatic heterocycles. The first-order valence-electron chi connectivity index (χ1n) is 9.70. The molecule has 0 N–H and O–H groups in total. The van der Waals surface area contributed by atoms with Gasteiger partial charge in [-0.3, -0.25) is 19.4 Å². The number of piperazine rings is 1. The number of rotatable bonds is 5. The monoisotopic (exact) mass is 420 g/mol. The van der Waals surface area contributed by atoms with E-state index in [1.54, 1.807) is 67.8 Å². The predicted molar refractivity (Wildman–Crippen MR) is 115 cm³/mol. The van der Waals surface area contributed by atoms with Crippen LogP contribution in [0.3, 0.4) is 0 Å². The van der Waals surface area contributed by atoms with Crippen LogP contribution in [0.15, 0.2) is 72.8 Å². The Kier molecular flexibility index (Phi) is 5.58. The van der Waals surface area contributed by atoms with Crippen LogP contribution in [0.5, 0.6) is 11.5 Å². The first kappa shape index (κ1) is 20.4. The Balaban J connectivity index is 1.84. The van der Waals surface area contributed by atoms with Crippen LogP contribution in [0, 0.1) is 5.82 Å². The fraction of sp³-hybridized carbons (Fsp3) is 0.167. The van der Waals surface area contributed by atoms with Gasteiger partial charge in [0.25, 0.3) is 5.91 Å². The van der Waals surface area contributed by atoms with E-state index >= 15 is 0 Å². The largest absolute Gasteiger partial charge is 0.497 e. The maximum Gasteiger partial charge on any atom is 0.255 e. The van der Waals surface area contributed by atoms with E-state index in [0.29, 0.717) is 22.7 Å². The highest BCUT2D eigenvalue weighted by Crippen LogP contribution is 2.38. The van der Waals surface area contributed by atoms with Gasteiger partial charge in [-0.25, -0.2) is 4.39 Å². The van der Waals surface area contributed by atoms with Gasteiger partial charge in [-0.2, -0.15) is 0 Å². The highest BCUT2D eigenvalue weighted by atomic mass is 19.1. The number of ether oxygens (including phenoxy) is 2. The van der Waals surface area contributed by atoms with Crippen molar-refractivity contribution in [3.05, 3.63) is 84.2 Å². The summed E-state index contributed by atoms with van der Waals surface area (Å²) in [6.45, 7) is -0.236. The first-order valence-corrected chi connectivity index (χ1v) is 9.70. The van der Waals surface area contributed by atoms with Crippen LogP contribution in [-0.2, 0) is 9.59 Å². The van der Waals surface area contributed by atoms with Crippen molar-refractivity contribution in [2.24, 2.45) is 0 Å². The second-order valence-corrected chi connectivity index (χ2v) is 6.99. The molecule has 0 aliphatic carbocycles. The van der Waals surface area contributed by atoms with Crippen molar-refractivity contribution in [1.82, 2.24) is 0 Å². The lowest BCUT2D eigenvalue weighted by molar-refractivity contribution is -0.128. The molecular weight excluding hydrogens is 399 g/mol. The zero-order chi connectivity index (χ0) is 22.0. The quantitative estimate of drug-likeness (QED) is 0.627. The van der Waals surface area contributed by atoms with Crippen LogP contribution in [0.25, 0.3) is 0 Å². The highest BCUT2D eigenvalue weighted by molar-refractivity contribution is 6.15. The molecule has 158 valence electrons. The highest BCUT2D eigenvalue weighted by Gasteiger charge is 2.43. The Morgan fingerprint density at radius 3 is 2.13 bits per heavy atom. The summed E-state index contributed by atoms with van der Waals surface area (Å²) in [4.78, 5) is 29.6. The Morgan fingerprint density at radius 2 is 1.48 bits per heavy atom. The number of hydrogen-bond donors (Lipinski definition) is 0. The zero-order valence-corrected chi connectivity index (χ0v) is 17.1. The minimum Gasteiger partial charge on any atom is -0.497 e. The fourth-order valence-corrected chi connectivity index (χ4v) is 3.75. The molecule has 0 bridgehead atoms. The standard InChI is InChI=1S/C24H21FN2O4/c1-30-17-13-11-16(12-14-17)23-24(29)26(20-9-5-6-10-21(20)31-2)15-22(28)27(23)19-8-4-3-7-18(19)25/h3-14,23H,15H2,1-2H3/t23-/m0/s1. The van der Waals surface area contributed by atoms with Gasteiger partial charge in [0.15, 0.2) is 0 Å². The molecule has 1 heterocycles. The number of methoxy groups -OCH3 is 2. The van der Waals surface area contributed by atoms with Gasteiger partial charge in [-0.1, -0.05) is 36.4 Å². The van der Waals surface area contributed by atoms with Crippen LogP contribution in [0.2, 0.25) is 0 Å². The molecule has 1 fully saturated rings. The Labute approximate surface area is 179 Å². The summed E-state index contributed by atoms with van der Waals surface area (Å²) >= 11 is 0. The zero-order valence-electron chi connectivity index (χ0n) is 17.1. The Morgan fingerprint density at radius 1 is 0.839 bits per heavy atom. The number of para-hydroxylation sites is 3. The molecule has 2 amide bonds. The van der Waals surface area contributed by atoms with E-state index < -0.39 is 17.8 Å². The van der Waals surface area contributed by atoms with E-state index in [0.717, 1.165) is 0 Å². The van der Waals surface area contributed by atoms with Crippen molar-refractivity contribution in [2.75, 3.05) is 30.6 Å². The van der Waals surface area contributed by atoms with Crippen molar-refractivity contribution in [3.63, 3.8) is 0 Å². The van der Waals surface area contributed by atoms with Gasteiger partial charge in [0, 0.05) is 0 Å². The molecule has 3 aromatic rings. The van der Waals surface area contributed by atoms with Crippen LogP contribution in [-0.4, -0.2) is 32.6 Å². The topological polar surface area (TPSA) is 59.1 Å². The minimum atomic E-state index is -1.05. The Bertz CT molecular complexity index is 1120. The summed E-state index contributed by atoms with van der Waals surface area (Å²) in [5, 5.41) is 0. The molecule has 1 aliphatic rings. The van der Waals surface area contributed by atoms with Gasteiger partial charge in [-0.05, 0) is 42.0 Å². The second-order valence-electron chi connectivity index (χ2n) is 6.99. The molecule has 1 aliphatic heterocycles. The number of halogens is 1. The van der Waals surface area contributed by atoms with Gasteiger partial charge >= 0.3 is 0 Å². The predicted octanol–water partition coefficient (Wildman–Crippen LogP) is 3.96. The number of benzene rings is 3. The molecule has 4 rings (SSSR count). The van der Waals surface area contributed by atoms with E-state index in [1.807, 2.05) is 0 Å². The van der Waals surface area contributed by atoms with Crippen molar-refractivity contribution in [2.45, 2.75) is 6.04 Å². The molecule has 0 saturated carbocycles. The lowest BCUT2D eigenvalue weighted by atomic mass is 9.99. The number of anilines is 2. The van der Waals surface area contributed by atoms with Crippen molar-refractivity contribution in [3.8, 4) is 11.5 Å². The van der Waals surface area contributed by atoms with Crippen molar-refractivity contribution in [1.29, 1.82) is 0 Å². The van der Waals surface area contributed by atoms with Gasteiger partial charge < -0.3 is 9.47 Å². The lowest BCUT2D eigenvalue weighted by Crippen LogP contribution is -2.56. The number of hydrogen-bond acceptors (Lipinski definition) is 4. The molecule has 7 heteroatoms. The number of amides is 2. The summed E-state index contributed by atoms with van der Waals surface area (Å²) < 4.78 is 25.3. The number of carbonyl (C=O) groups is 2. The van der Waals surface area contributed by atoms with E-state index in [2.05, 4.69) is 0 Å². The third-order valence-corrected chi connectivity index (χ3v) is 5.24. The van der Waals surface area contributed by atoms with Gasteiger partial charge in [-0.15, -0.1) is 0 Å². The molecule has 0 radical (unpaired) electrons. The molecular formula is C24H21FN2O4. The van der Waals surface area contributed by atoms with Gasteiger partial charge in [0.1, 0.15) is 29.9 Å². The summed E-state index contributed by atoms with van der Waals surface area (Å²) in [6.07, 6.45) is 0. The average Bonchev–Trinajstić information content (AvgIpc) is 2.81. The smallest absolute Gasteiger partial charge is 0.255 e. The molecule has 3 aromatic carbocycles. The molecule has 0 unspecified atom stereocenters. The number of carbonyl (C=O) groups excluding carboxylic acids is 2. The first-order chi connectivity index (χ1) is 15.0. The number of nitrogens with zero attached hydrogens (tertiary/aromatic N) is 2. The minimum absolute atomic E-state index is 0.0568. The molecule has 31 heavy (non-hydrogen) atoms. The van der Waals surface area contributed by atoms with Gasteiger partial charge in [0.2, 0.25) is 5.91 Å². The van der Waals surface area contributed by atoms with Crippen molar-refractivity contribution < 1.29 is 23.5 Å². The fourth-order valence-electron chi connectivity index (χ4n) is 3.75. The summed E-state index contributed by atoms with van der Waals surface area (Å²) in [5.74, 6) is -0.268. The Hall–Kier alpha value is -3.87. The van der Waals surface area contributed by atoms with Crippen molar-refractivity contribution >= 4 is 23.2 Å². The van der Waals surface area contributed by atoms with Crippen LogP contribution in [0.4, 0.5) is 15.8 Å². The molecule has 1 saturated heterocycles. The normalized spacial score (nSPS) is 16.4. The summed E-state index contributed by atoms with van der Waals surface area (Å²) in [5.41, 5.74) is 1.08. The van der Waals surface area contributed by atoms with E-state index in [4.69, 9.17) is 9.47 Å². The third kappa shape index (κ3) is 3.70. The van der Waals surface area contributed by atoms with Crippen LogP contribution < -0.4 is 19.3 Å². The maximum atomic E-state index is 14.7.